The molecule has 1 aliphatic heterocycles. The van der Waals surface area contributed by atoms with Crippen molar-refractivity contribution < 1.29 is 9.47 Å². The highest BCUT2D eigenvalue weighted by Crippen LogP contribution is 2.38. The number of benzene rings is 1. The fourth-order valence-electron chi connectivity index (χ4n) is 3.11. The van der Waals surface area contributed by atoms with Crippen molar-refractivity contribution in [2.24, 2.45) is 0 Å². The van der Waals surface area contributed by atoms with E-state index in [0.717, 1.165) is 31.7 Å². The average molecular weight is 384 g/mol. The molecule has 0 aliphatic carbocycles. The molecule has 0 spiro atoms. The maximum absolute atomic E-state index is 6.55. The zero-order valence-electron chi connectivity index (χ0n) is 14.4. The highest BCUT2D eigenvalue weighted by molar-refractivity contribution is 6.33. The number of halogens is 2. The maximum atomic E-state index is 6.55. The predicted octanol–water partition coefficient (Wildman–Crippen LogP) is 3.32. The minimum atomic E-state index is 0. The number of aromatic nitrogens is 1. The second-order valence-electron chi connectivity index (χ2n) is 5.75. The van der Waals surface area contributed by atoms with Crippen LogP contribution < -0.4 is 14.8 Å². The summed E-state index contributed by atoms with van der Waals surface area (Å²) in [6.07, 6.45) is 3.73. The van der Waals surface area contributed by atoms with Crippen LogP contribution in [0.1, 0.15) is 17.2 Å². The lowest BCUT2D eigenvalue weighted by Crippen LogP contribution is -2.45. The van der Waals surface area contributed by atoms with Crippen LogP contribution in [0.4, 0.5) is 0 Å². The number of nitrogens with one attached hydrogen (secondary N) is 1. The Kier molecular flexibility index (Phi) is 7.32. The molecule has 0 radical (unpaired) electrons. The molecule has 0 bridgehead atoms. The van der Waals surface area contributed by atoms with E-state index in [2.05, 4.69) is 21.3 Å². The molecule has 1 saturated heterocycles. The van der Waals surface area contributed by atoms with Crippen molar-refractivity contribution in [3.05, 3.63) is 52.8 Å². The Bertz CT molecular complexity index is 686. The number of rotatable bonds is 5. The van der Waals surface area contributed by atoms with E-state index in [-0.39, 0.29) is 18.4 Å². The van der Waals surface area contributed by atoms with Crippen molar-refractivity contribution in [1.29, 1.82) is 0 Å². The van der Waals surface area contributed by atoms with Crippen LogP contribution in [0.2, 0.25) is 5.02 Å². The molecule has 1 aromatic heterocycles. The van der Waals surface area contributed by atoms with Crippen LogP contribution in [-0.4, -0.2) is 43.7 Å². The summed E-state index contributed by atoms with van der Waals surface area (Å²) in [7, 11) is 3.22. The highest BCUT2D eigenvalue weighted by atomic mass is 35.5. The third-order valence-corrected chi connectivity index (χ3v) is 4.78. The molecule has 25 heavy (non-hydrogen) atoms. The fraction of sp³-hybridized carbons (Fsp3) is 0.389. The Morgan fingerprint density at radius 1 is 1.28 bits per heavy atom. The van der Waals surface area contributed by atoms with Gasteiger partial charge in [-0.25, -0.2) is 0 Å². The van der Waals surface area contributed by atoms with E-state index in [9.17, 15) is 0 Å². The quantitative estimate of drug-likeness (QED) is 0.857. The maximum Gasteiger partial charge on any atom is 0.179 e. The van der Waals surface area contributed by atoms with E-state index in [1.165, 1.54) is 5.56 Å². The summed E-state index contributed by atoms with van der Waals surface area (Å²) in [6.45, 7) is 3.56. The molecule has 3 rings (SSSR count). The molecule has 2 heterocycles. The first-order valence-corrected chi connectivity index (χ1v) is 8.36. The number of piperazine rings is 1. The van der Waals surface area contributed by atoms with Gasteiger partial charge in [0.15, 0.2) is 11.5 Å². The van der Waals surface area contributed by atoms with E-state index in [0.29, 0.717) is 16.5 Å². The number of nitrogens with zero attached hydrogens (tertiary/aromatic N) is 2. The van der Waals surface area contributed by atoms with Crippen molar-refractivity contribution in [1.82, 2.24) is 15.2 Å². The Balaban J connectivity index is 0.00000225. The van der Waals surface area contributed by atoms with Crippen molar-refractivity contribution in [3.8, 4) is 11.5 Å². The molecule has 0 amide bonds. The molecule has 7 heteroatoms. The van der Waals surface area contributed by atoms with Crippen molar-refractivity contribution in [3.63, 3.8) is 0 Å². The summed E-state index contributed by atoms with van der Waals surface area (Å²) < 4.78 is 10.7. The van der Waals surface area contributed by atoms with E-state index in [1.54, 1.807) is 20.4 Å². The summed E-state index contributed by atoms with van der Waals surface area (Å²) in [6, 6.07) is 8.28. The van der Waals surface area contributed by atoms with E-state index >= 15 is 0 Å². The van der Waals surface area contributed by atoms with Gasteiger partial charge in [-0.3, -0.25) is 9.88 Å². The van der Waals surface area contributed by atoms with Gasteiger partial charge in [-0.05, 0) is 23.3 Å². The molecule has 1 aromatic carbocycles. The van der Waals surface area contributed by atoms with E-state index in [4.69, 9.17) is 21.1 Å². The molecule has 1 atom stereocenters. The number of ether oxygens (including phenoxy) is 2. The zero-order valence-corrected chi connectivity index (χ0v) is 15.9. The first-order chi connectivity index (χ1) is 11.7. The Hall–Kier alpha value is -1.53. The van der Waals surface area contributed by atoms with Crippen LogP contribution in [0.5, 0.6) is 11.5 Å². The number of hydrogen-bond donors (Lipinski definition) is 1. The monoisotopic (exact) mass is 383 g/mol. The predicted molar refractivity (Wildman–Crippen MR) is 102 cm³/mol. The normalized spacial score (nSPS) is 17.6. The SMILES string of the molecule is COc1ccc(CN2CCNCC2c2cccnc2)c(Cl)c1OC.Cl. The summed E-state index contributed by atoms with van der Waals surface area (Å²) in [5.41, 5.74) is 2.24. The van der Waals surface area contributed by atoms with Gasteiger partial charge >= 0.3 is 0 Å². The van der Waals surface area contributed by atoms with Gasteiger partial charge in [0.1, 0.15) is 0 Å². The van der Waals surface area contributed by atoms with Crippen LogP contribution in [0.3, 0.4) is 0 Å². The summed E-state index contributed by atoms with van der Waals surface area (Å²) in [5.74, 6) is 1.24. The van der Waals surface area contributed by atoms with Gasteiger partial charge in [-0.1, -0.05) is 23.7 Å². The van der Waals surface area contributed by atoms with Gasteiger partial charge in [-0.15, -0.1) is 12.4 Å². The smallest absolute Gasteiger partial charge is 0.179 e. The van der Waals surface area contributed by atoms with Gasteiger partial charge in [0.2, 0.25) is 0 Å². The van der Waals surface area contributed by atoms with Crippen LogP contribution in [0.25, 0.3) is 0 Å². The molecule has 1 unspecified atom stereocenters. The molecular formula is C18H23Cl2N3O2. The number of methoxy groups -OCH3 is 2. The van der Waals surface area contributed by atoms with E-state index in [1.807, 2.05) is 24.4 Å². The molecule has 1 aliphatic rings. The van der Waals surface area contributed by atoms with Crippen LogP contribution >= 0.6 is 24.0 Å². The lowest BCUT2D eigenvalue weighted by atomic mass is 10.0. The second kappa shape index (κ2) is 9.25. The topological polar surface area (TPSA) is 46.6 Å². The molecule has 1 fully saturated rings. The van der Waals surface area contributed by atoms with E-state index < -0.39 is 0 Å². The molecule has 5 nitrogen and oxygen atoms in total. The summed E-state index contributed by atoms with van der Waals surface area (Å²) >= 11 is 6.55. The second-order valence-corrected chi connectivity index (χ2v) is 6.13. The van der Waals surface area contributed by atoms with Crippen LogP contribution in [0, 0.1) is 0 Å². The lowest BCUT2D eigenvalue weighted by molar-refractivity contribution is 0.153. The minimum absolute atomic E-state index is 0. The highest BCUT2D eigenvalue weighted by Gasteiger charge is 2.25. The lowest BCUT2D eigenvalue weighted by Gasteiger charge is -2.36. The minimum Gasteiger partial charge on any atom is -0.493 e. The molecule has 136 valence electrons. The van der Waals surface area contributed by atoms with Crippen LogP contribution in [0.15, 0.2) is 36.7 Å². The van der Waals surface area contributed by atoms with Crippen molar-refractivity contribution in [2.75, 3.05) is 33.9 Å². The van der Waals surface area contributed by atoms with Crippen molar-refractivity contribution >= 4 is 24.0 Å². The number of hydrogen-bond acceptors (Lipinski definition) is 5. The Labute approximate surface area is 159 Å². The van der Waals surface area contributed by atoms with Crippen LogP contribution in [-0.2, 0) is 6.54 Å². The average Bonchev–Trinajstić information content (AvgIpc) is 2.64. The fourth-order valence-corrected chi connectivity index (χ4v) is 3.40. The zero-order chi connectivity index (χ0) is 16.9. The third kappa shape index (κ3) is 4.36. The largest absolute Gasteiger partial charge is 0.493 e. The van der Waals surface area contributed by atoms with Gasteiger partial charge in [0, 0.05) is 44.6 Å². The molecule has 2 aromatic rings. The Morgan fingerprint density at radius 2 is 2.12 bits per heavy atom. The first-order valence-electron chi connectivity index (χ1n) is 7.98. The first kappa shape index (κ1) is 19.8. The molecule has 1 N–H and O–H groups in total. The third-order valence-electron chi connectivity index (χ3n) is 4.36. The Morgan fingerprint density at radius 3 is 2.80 bits per heavy atom. The number of pyridine rings is 1. The van der Waals surface area contributed by atoms with Crippen molar-refractivity contribution in [2.45, 2.75) is 12.6 Å². The summed E-state index contributed by atoms with van der Waals surface area (Å²) in [4.78, 5) is 6.67. The molecular weight excluding hydrogens is 361 g/mol. The van der Waals surface area contributed by atoms with Gasteiger partial charge < -0.3 is 14.8 Å². The van der Waals surface area contributed by atoms with Gasteiger partial charge in [0.05, 0.1) is 19.2 Å². The molecule has 0 saturated carbocycles. The standard InChI is InChI=1S/C18H22ClN3O2.ClH/c1-23-16-6-5-14(17(19)18(16)24-2)12-22-9-8-21-11-15(22)13-4-3-7-20-10-13;/h3-7,10,15,21H,8-9,11-12H2,1-2H3;1H. The van der Waals surface area contributed by atoms with Gasteiger partial charge in [-0.2, -0.15) is 0 Å². The summed E-state index contributed by atoms with van der Waals surface area (Å²) in [5, 5.41) is 4.07. The van der Waals surface area contributed by atoms with Gasteiger partial charge in [0.25, 0.3) is 0 Å².